The van der Waals surface area contributed by atoms with Crippen molar-refractivity contribution >= 4 is 15.9 Å². The van der Waals surface area contributed by atoms with Gasteiger partial charge in [-0.2, -0.15) is 12.7 Å². The summed E-state index contributed by atoms with van der Waals surface area (Å²) in [6.45, 7) is 0.874. The van der Waals surface area contributed by atoms with Gasteiger partial charge in [0.25, 0.3) is 0 Å². The summed E-state index contributed by atoms with van der Waals surface area (Å²) in [5.41, 5.74) is 0.497. The van der Waals surface area contributed by atoms with Crippen molar-refractivity contribution in [2.45, 2.75) is 12.8 Å². The van der Waals surface area contributed by atoms with E-state index in [1.54, 1.807) is 31.4 Å². The number of anilines is 1. The number of hydrogen-bond acceptors (Lipinski definition) is 4. The minimum absolute atomic E-state index is 0.0224. The van der Waals surface area contributed by atoms with Crippen molar-refractivity contribution in [3.8, 4) is 5.75 Å². The van der Waals surface area contributed by atoms with E-state index in [0.717, 1.165) is 12.8 Å². The molecule has 1 heterocycles. The first-order valence-corrected chi connectivity index (χ1v) is 8.02. The van der Waals surface area contributed by atoms with Crippen LogP contribution in [0, 0.1) is 5.92 Å². The summed E-state index contributed by atoms with van der Waals surface area (Å²) in [6.07, 6.45) is 1.64. The van der Waals surface area contributed by atoms with E-state index in [1.807, 2.05) is 0 Å². The molecule has 1 aromatic carbocycles. The van der Waals surface area contributed by atoms with Gasteiger partial charge in [0.2, 0.25) is 0 Å². The number of hydrogen-bond donors (Lipinski definition) is 2. The van der Waals surface area contributed by atoms with Gasteiger partial charge in [0.15, 0.2) is 0 Å². The topological polar surface area (TPSA) is 78.9 Å². The molecule has 112 valence electrons. The third kappa shape index (κ3) is 3.62. The molecule has 6 nitrogen and oxygen atoms in total. The Kier molecular flexibility index (Phi) is 4.85. The lowest BCUT2D eigenvalue weighted by atomic mass is 10.0. The molecule has 7 heteroatoms. The third-order valence-corrected chi connectivity index (χ3v) is 4.92. The minimum Gasteiger partial charge on any atom is -0.497 e. The van der Waals surface area contributed by atoms with Gasteiger partial charge in [0.05, 0.1) is 12.8 Å². The van der Waals surface area contributed by atoms with Gasteiger partial charge in [0.1, 0.15) is 5.75 Å². The van der Waals surface area contributed by atoms with E-state index in [1.165, 1.54) is 4.31 Å². The number of aliphatic hydroxyl groups is 1. The van der Waals surface area contributed by atoms with Crippen molar-refractivity contribution in [2.24, 2.45) is 5.92 Å². The quantitative estimate of drug-likeness (QED) is 0.852. The Morgan fingerprint density at radius 1 is 1.40 bits per heavy atom. The fourth-order valence-electron chi connectivity index (χ4n) is 2.27. The lowest BCUT2D eigenvalue weighted by Gasteiger charge is -2.31. The van der Waals surface area contributed by atoms with Crippen LogP contribution in [0.15, 0.2) is 24.3 Å². The van der Waals surface area contributed by atoms with Crippen LogP contribution < -0.4 is 9.46 Å². The Balaban J connectivity index is 2.05. The lowest BCUT2D eigenvalue weighted by molar-refractivity contribution is 0.166. The molecule has 1 saturated heterocycles. The van der Waals surface area contributed by atoms with Crippen molar-refractivity contribution in [1.82, 2.24) is 4.31 Å². The fraction of sp³-hybridized carbons (Fsp3) is 0.538. The number of ether oxygens (including phenoxy) is 1. The van der Waals surface area contributed by atoms with Crippen molar-refractivity contribution in [3.63, 3.8) is 0 Å². The summed E-state index contributed by atoms with van der Waals surface area (Å²) in [4.78, 5) is 0. The highest BCUT2D eigenvalue weighted by Gasteiger charge is 2.28. The van der Waals surface area contributed by atoms with E-state index < -0.39 is 10.2 Å². The van der Waals surface area contributed by atoms with E-state index in [-0.39, 0.29) is 12.5 Å². The van der Waals surface area contributed by atoms with Gasteiger partial charge < -0.3 is 9.84 Å². The molecule has 2 N–H and O–H groups in total. The third-order valence-electron chi connectivity index (χ3n) is 3.42. The zero-order chi connectivity index (χ0) is 14.6. The number of benzene rings is 1. The first kappa shape index (κ1) is 15.1. The summed E-state index contributed by atoms with van der Waals surface area (Å²) in [6, 6.07) is 6.71. The van der Waals surface area contributed by atoms with Crippen molar-refractivity contribution < 1.29 is 18.3 Å². The Morgan fingerprint density at radius 2 is 2.10 bits per heavy atom. The first-order valence-electron chi connectivity index (χ1n) is 6.58. The highest BCUT2D eigenvalue weighted by Crippen LogP contribution is 2.21. The van der Waals surface area contributed by atoms with Crippen LogP contribution in [0.2, 0.25) is 0 Å². The number of aliphatic hydroxyl groups excluding tert-OH is 1. The molecule has 0 aliphatic carbocycles. The Labute approximate surface area is 119 Å². The molecule has 1 unspecified atom stereocenters. The molecule has 0 amide bonds. The standard InChI is InChI=1S/C13H20N2O4S/c1-19-13-6-4-12(5-7-13)14-20(17,18)15-8-2-3-11(9-15)10-16/h4-7,11,14,16H,2-3,8-10H2,1H3. The number of piperidine rings is 1. The fourth-order valence-corrected chi connectivity index (χ4v) is 3.61. The molecule has 20 heavy (non-hydrogen) atoms. The maximum Gasteiger partial charge on any atom is 0.301 e. The predicted octanol–water partition coefficient (Wildman–Crippen LogP) is 1.06. The molecule has 2 rings (SSSR count). The second-order valence-corrected chi connectivity index (χ2v) is 6.56. The van der Waals surface area contributed by atoms with Gasteiger partial charge in [-0.3, -0.25) is 4.72 Å². The van der Waals surface area contributed by atoms with Crippen LogP contribution in [0.5, 0.6) is 5.75 Å². The molecule has 0 radical (unpaired) electrons. The van der Waals surface area contributed by atoms with E-state index in [0.29, 0.717) is 24.5 Å². The molecule has 1 atom stereocenters. The maximum atomic E-state index is 12.3. The van der Waals surface area contributed by atoms with E-state index in [2.05, 4.69) is 4.72 Å². The largest absolute Gasteiger partial charge is 0.497 e. The van der Waals surface area contributed by atoms with Gasteiger partial charge in [-0.25, -0.2) is 0 Å². The molecule has 0 bridgehead atoms. The highest BCUT2D eigenvalue weighted by atomic mass is 32.2. The Morgan fingerprint density at radius 3 is 2.70 bits per heavy atom. The van der Waals surface area contributed by atoms with Crippen LogP contribution >= 0.6 is 0 Å². The second kappa shape index (κ2) is 6.43. The smallest absolute Gasteiger partial charge is 0.301 e. The molecular formula is C13H20N2O4S. The van der Waals surface area contributed by atoms with Crippen LogP contribution in [-0.4, -0.2) is 44.6 Å². The number of nitrogens with zero attached hydrogens (tertiary/aromatic N) is 1. The van der Waals surface area contributed by atoms with E-state index >= 15 is 0 Å². The average Bonchev–Trinajstić information content (AvgIpc) is 2.48. The van der Waals surface area contributed by atoms with Gasteiger partial charge >= 0.3 is 10.2 Å². The maximum absolute atomic E-state index is 12.3. The molecule has 0 spiro atoms. The summed E-state index contributed by atoms with van der Waals surface area (Å²) >= 11 is 0. The SMILES string of the molecule is COc1ccc(NS(=O)(=O)N2CCCC(CO)C2)cc1. The van der Waals surface area contributed by atoms with Crippen LogP contribution in [0.4, 0.5) is 5.69 Å². The van der Waals surface area contributed by atoms with Gasteiger partial charge in [-0.05, 0) is 43.0 Å². The van der Waals surface area contributed by atoms with Gasteiger partial charge in [-0.15, -0.1) is 0 Å². The number of methoxy groups -OCH3 is 1. The molecule has 1 fully saturated rings. The summed E-state index contributed by atoms with van der Waals surface area (Å²) < 4.78 is 33.5. The highest BCUT2D eigenvalue weighted by molar-refractivity contribution is 7.90. The van der Waals surface area contributed by atoms with Crippen molar-refractivity contribution in [3.05, 3.63) is 24.3 Å². The molecule has 1 aliphatic heterocycles. The first-order chi connectivity index (χ1) is 9.55. The molecule has 0 aromatic heterocycles. The van der Waals surface area contributed by atoms with Crippen LogP contribution in [0.1, 0.15) is 12.8 Å². The van der Waals surface area contributed by atoms with Crippen molar-refractivity contribution in [2.75, 3.05) is 31.5 Å². The van der Waals surface area contributed by atoms with Crippen LogP contribution in [-0.2, 0) is 10.2 Å². The van der Waals surface area contributed by atoms with Gasteiger partial charge in [0, 0.05) is 19.7 Å². The summed E-state index contributed by atoms with van der Waals surface area (Å²) in [5.74, 6) is 0.697. The lowest BCUT2D eigenvalue weighted by Crippen LogP contribution is -2.43. The summed E-state index contributed by atoms with van der Waals surface area (Å²) in [7, 11) is -2.01. The summed E-state index contributed by atoms with van der Waals surface area (Å²) in [5, 5.41) is 9.17. The Hall–Kier alpha value is -1.31. The number of nitrogens with one attached hydrogen (secondary N) is 1. The minimum atomic E-state index is -3.57. The zero-order valence-electron chi connectivity index (χ0n) is 11.4. The van der Waals surface area contributed by atoms with Crippen LogP contribution in [0.3, 0.4) is 0 Å². The normalized spacial score (nSPS) is 20.6. The zero-order valence-corrected chi connectivity index (χ0v) is 12.3. The van der Waals surface area contributed by atoms with Crippen molar-refractivity contribution in [1.29, 1.82) is 0 Å². The number of rotatable bonds is 5. The molecule has 0 saturated carbocycles. The monoisotopic (exact) mass is 300 g/mol. The second-order valence-electron chi connectivity index (χ2n) is 4.88. The molecule has 1 aliphatic rings. The molecular weight excluding hydrogens is 280 g/mol. The molecule has 1 aromatic rings. The Bertz CT molecular complexity index is 530. The predicted molar refractivity (Wildman–Crippen MR) is 76.9 cm³/mol. The van der Waals surface area contributed by atoms with E-state index in [4.69, 9.17) is 9.84 Å². The average molecular weight is 300 g/mol. The van der Waals surface area contributed by atoms with E-state index in [9.17, 15) is 8.42 Å². The van der Waals surface area contributed by atoms with Gasteiger partial charge in [-0.1, -0.05) is 0 Å². The van der Waals surface area contributed by atoms with Crippen LogP contribution in [0.25, 0.3) is 0 Å².